The summed E-state index contributed by atoms with van der Waals surface area (Å²) in [5.74, 6) is 1.50. The molecule has 1 aliphatic carbocycles. The smallest absolute Gasteiger partial charge is 0.328 e. The van der Waals surface area contributed by atoms with Crippen LogP contribution in [0.15, 0.2) is 90.3 Å². The number of primary amides is 1. The van der Waals surface area contributed by atoms with Crippen molar-refractivity contribution in [3.63, 3.8) is 0 Å². The Bertz CT molecular complexity index is 2050. The first-order valence-corrected chi connectivity index (χ1v) is 21.1. The molecule has 7 N–H and O–H groups in total. The number of ether oxygens (including phenoxy) is 1. The quantitative estimate of drug-likeness (QED) is 0.109. The van der Waals surface area contributed by atoms with E-state index >= 15 is 0 Å². The molecule has 8 rings (SSSR count). The van der Waals surface area contributed by atoms with Crippen molar-refractivity contribution in [1.82, 2.24) is 25.8 Å². The SMILES string of the molecule is N=C(/C(C(N)=O)=C1/NCC[C@@H](C2CCN(C(=O)CCN3CC4(CCC(Nc5ccc(N6CCC(=O)NC6=O)cc5)CC4)C3)CC2)N1)c1ccc(Oc2ccccc2)cc1. The molecule has 5 amide bonds. The number of hydrogen-bond donors (Lipinski definition) is 6. The minimum absolute atomic E-state index is 0.0455. The molecule has 3 aromatic carbocycles. The molecule has 59 heavy (non-hydrogen) atoms. The van der Waals surface area contributed by atoms with E-state index in [1.165, 1.54) is 12.8 Å². The first-order valence-electron chi connectivity index (χ1n) is 21.1. The zero-order valence-electron chi connectivity index (χ0n) is 33.5. The van der Waals surface area contributed by atoms with E-state index in [9.17, 15) is 19.2 Å². The van der Waals surface area contributed by atoms with Gasteiger partial charge >= 0.3 is 6.03 Å². The maximum absolute atomic E-state index is 13.3. The molecule has 1 atom stereocenters. The number of hydrogen-bond acceptors (Lipinski definition) is 10. The second-order valence-electron chi connectivity index (χ2n) is 16.8. The predicted molar refractivity (Wildman–Crippen MR) is 226 cm³/mol. The van der Waals surface area contributed by atoms with Gasteiger partial charge in [-0.15, -0.1) is 0 Å². The highest BCUT2D eigenvalue weighted by Crippen LogP contribution is 2.44. The Labute approximate surface area is 345 Å². The van der Waals surface area contributed by atoms with Crippen molar-refractivity contribution in [2.24, 2.45) is 17.1 Å². The fraction of sp³-hybridized carbons (Fsp3) is 0.444. The molecule has 310 valence electrons. The molecule has 0 aromatic heterocycles. The van der Waals surface area contributed by atoms with Gasteiger partial charge in [0.2, 0.25) is 11.8 Å². The van der Waals surface area contributed by atoms with Crippen LogP contribution in [0.2, 0.25) is 0 Å². The zero-order chi connectivity index (χ0) is 40.9. The zero-order valence-corrected chi connectivity index (χ0v) is 33.5. The summed E-state index contributed by atoms with van der Waals surface area (Å²) in [6.07, 6.45) is 8.04. The van der Waals surface area contributed by atoms with Gasteiger partial charge in [0.15, 0.2) is 0 Å². The van der Waals surface area contributed by atoms with Crippen LogP contribution in [0.3, 0.4) is 0 Å². The lowest BCUT2D eigenvalue weighted by molar-refractivity contribution is -0.134. The van der Waals surface area contributed by atoms with E-state index in [-0.39, 0.29) is 35.2 Å². The van der Waals surface area contributed by atoms with Crippen LogP contribution < -0.4 is 36.6 Å². The van der Waals surface area contributed by atoms with E-state index < -0.39 is 5.91 Å². The molecule has 1 saturated carbocycles. The lowest BCUT2D eigenvalue weighted by Crippen LogP contribution is -2.58. The Morgan fingerprint density at radius 2 is 1.56 bits per heavy atom. The van der Waals surface area contributed by atoms with Crippen LogP contribution in [0.5, 0.6) is 11.5 Å². The third kappa shape index (κ3) is 9.38. The van der Waals surface area contributed by atoms with E-state index in [0.29, 0.717) is 66.2 Å². The van der Waals surface area contributed by atoms with E-state index in [4.69, 9.17) is 15.9 Å². The fourth-order valence-corrected chi connectivity index (χ4v) is 9.50. The van der Waals surface area contributed by atoms with Gasteiger partial charge < -0.3 is 36.2 Å². The average molecular weight is 802 g/mol. The first-order chi connectivity index (χ1) is 28.6. The van der Waals surface area contributed by atoms with Gasteiger partial charge in [-0.05, 0) is 117 Å². The molecule has 14 heteroatoms. The number of carbonyl (C=O) groups is 4. The molecule has 5 fully saturated rings. The van der Waals surface area contributed by atoms with Crippen LogP contribution in [0, 0.1) is 16.7 Å². The van der Waals surface area contributed by atoms with Gasteiger partial charge in [0.05, 0.1) is 5.71 Å². The van der Waals surface area contributed by atoms with Crippen molar-refractivity contribution < 1.29 is 23.9 Å². The number of amides is 5. The number of benzene rings is 3. The standard InChI is InChI=1S/C45H55N9O5/c46-41(31-6-12-36(13-7-31)59-35-4-2-1-3-5-35)40(42(47)57)43-48-23-16-37(50-43)30-17-25-53(26-18-30)39(56)20-24-52-28-45(29-52)21-14-33(15-22-45)49-32-8-10-34(11-9-32)54-27-19-38(55)51-44(54)58/h1-13,30,33,37,46,48-50H,14-29H2,(H2,47,57)(H,51,55,58)/b43-40+,46-41?/t37-/m0/s1. The second-order valence-corrected chi connectivity index (χ2v) is 16.8. The minimum atomic E-state index is -0.667. The number of imide groups is 1. The summed E-state index contributed by atoms with van der Waals surface area (Å²) in [5, 5.41) is 21.8. The molecule has 0 unspecified atom stereocenters. The predicted octanol–water partition coefficient (Wildman–Crippen LogP) is 4.93. The monoisotopic (exact) mass is 801 g/mol. The van der Waals surface area contributed by atoms with Crippen LogP contribution in [0.25, 0.3) is 0 Å². The number of carbonyl (C=O) groups excluding carboxylic acids is 4. The summed E-state index contributed by atoms with van der Waals surface area (Å²) in [6, 6.07) is 24.6. The Hall–Kier alpha value is -5.89. The number of piperidine rings is 1. The molecule has 3 aromatic rings. The van der Waals surface area contributed by atoms with Gasteiger partial charge in [0.1, 0.15) is 22.9 Å². The van der Waals surface area contributed by atoms with Crippen LogP contribution in [0.4, 0.5) is 16.2 Å². The number of nitrogens with zero attached hydrogens (tertiary/aromatic N) is 3. The number of anilines is 2. The third-order valence-corrected chi connectivity index (χ3v) is 12.8. The summed E-state index contributed by atoms with van der Waals surface area (Å²) < 4.78 is 5.89. The van der Waals surface area contributed by atoms with E-state index in [1.807, 2.05) is 59.5 Å². The fourth-order valence-electron chi connectivity index (χ4n) is 9.50. The molecule has 14 nitrogen and oxygen atoms in total. The average Bonchev–Trinajstić information content (AvgIpc) is 3.24. The topological polar surface area (TPSA) is 185 Å². The number of para-hydroxylation sites is 1. The lowest BCUT2D eigenvalue weighted by atomic mass is 9.67. The van der Waals surface area contributed by atoms with E-state index in [2.05, 4.69) is 26.2 Å². The van der Waals surface area contributed by atoms with Crippen molar-refractivity contribution >= 4 is 40.8 Å². The van der Waals surface area contributed by atoms with Gasteiger partial charge in [-0.25, -0.2) is 4.79 Å². The summed E-state index contributed by atoms with van der Waals surface area (Å²) in [7, 11) is 0. The van der Waals surface area contributed by atoms with Crippen molar-refractivity contribution in [1.29, 1.82) is 5.41 Å². The van der Waals surface area contributed by atoms with Crippen molar-refractivity contribution in [3.8, 4) is 11.5 Å². The summed E-state index contributed by atoms with van der Waals surface area (Å²) in [4.78, 5) is 55.8. The van der Waals surface area contributed by atoms with Crippen molar-refractivity contribution in [2.45, 2.75) is 69.9 Å². The Morgan fingerprint density at radius 1 is 0.864 bits per heavy atom. The number of urea groups is 1. The summed E-state index contributed by atoms with van der Waals surface area (Å²) >= 11 is 0. The molecule has 0 bridgehead atoms. The molecular weight excluding hydrogens is 747 g/mol. The van der Waals surface area contributed by atoms with E-state index in [0.717, 1.165) is 76.2 Å². The minimum Gasteiger partial charge on any atom is -0.457 e. The molecule has 5 aliphatic rings. The van der Waals surface area contributed by atoms with Crippen LogP contribution in [-0.4, -0.2) is 97.2 Å². The maximum Gasteiger partial charge on any atom is 0.328 e. The second kappa shape index (κ2) is 17.5. The Balaban J connectivity index is 0.748. The molecule has 4 saturated heterocycles. The highest BCUT2D eigenvalue weighted by Gasteiger charge is 2.45. The Morgan fingerprint density at radius 3 is 2.24 bits per heavy atom. The Kier molecular flexibility index (Phi) is 11.9. The number of likely N-dealkylation sites (tertiary alicyclic amines) is 2. The highest BCUT2D eigenvalue weighted by molar-refractivity contribution is 6.26. The highest BCUT2D eigenvalue weighted by atomic mass is 16.5. The van der Waals surface area contributed by atoms with E-state index in [1.54, 1.807) is 29.2 Å². The van der Waals surface area contributed by atoms with Crippen molar-refractivity contribution in [2.75, 3.05) is 56.0 Å². The van der Waals surface area contributed by atoms with Gasteiger partial charge in [-0.2, -0.15) is 0 Å². The van der Waals surface area contributed by atoms with Crippen LogP contribution in [-0.2, 0) is 14.4 Å². The molecule has 1 spiro atoms. The molecular formula is C45H55N9O5. The maximum atomic E-state index is 13.3. The largest absolute Gasteiger partial charge is 0.457 e. The first kappa shape index (κ1) is 39.9. The van der Waals surface area contributed by atoms with Crippen molar-refractivity contribution in [3.05, 3.63) is 95.8 Å². The van der Waals surface area contributed by atoms with Crippen LogP contribution >= 0.6 is 0 Å². The molecule has 4 heterocycles. The van der Waals surface area contributed by atoms with Gasteiger partial charge in [0.25, 0.3) is 5.91 Å². The lowest BCUT2D eigenvalue weighted by Gasteiger charge is -2.54. The number of nitrogens with two attached hydrogens (primary N) is 1. The number of nitrogens with one attached hydrogen (secondary N) is 5. The van der Waals surface area contributed by atoms with Gasteiger partial charge in [0, 0.05) is 87.7 Å². The molecule has 0 radical (unpaired) electrons. The van der Waals surface area contributed by atoms with Gasteiger partial charge in [-0.1, -0.05) is 18.2 Å². The summed E-state index contributed by atoms with van der Waals surface area (Å²) in [5.41, 5.74) is 8.78. The van der Waals surface area contributed by atoms with Crippen LogP contribution in [0.1, 0.15) is 63.4 Å². The normalized spacial score (nSPS) is 22.1. The third-order valence-electron chi connectivity index (χ3n) is 12.8. The molecule has 4 aliphatic heterocycles. The summed E-state index contributed by atoms with van der Waals surface area (Å²) in [6.45, 7) is 5.41. The number of rotatable bonds is 12. The van der Waals surface area contributed by atoms with Gasteiger partial charge in [-0.3, -0.25) is 30.0 Å².